The van der Waals surface area contributed by atoms with Gasteiger partial charge >= 0.3 is 5.97 Å². The summed E-state index contributed by atoms with van der Waals surface area (Å²) in [5.41, 5.74) is 5.69. The monoisotopic (exact) mass is 493 g/mol. The number of carbonyl (C=O) groups is 2. The van der Waals surface area contributed by atoms with Gasteiger partial charge in [-0.1, -0.05) is 85.8 Å². The molecule has 3 aromatic carbocycles. The molecule has 6 nitrogen and oxygen atoms in total. The van der Waals surface area contributed by atoms with Crippen LogP contribution in [-0.4, -0.2) is 28.8 Å². The minimum absolute atomic E-state index is 0.0432. The van der Waals surface area contributed by atoms with Gasteiger partial charge in [0.05, 0.1) is 18.7 Å². The number of nitrogens with zero attached hydrogens (tertiary/aromatic N) is 2. The Morgan fingerprint density at radius 2 is 1.54 bits per heavy atom. The van der Waals surface area contributed by atoms with Crippen molar-refractivity contribution >= 4 is 17.7 Å². The molecule has 1 aromatic heterocycles. The van der Waals surface area contributed by atoms with E-state index in [9.17, 15) is 9.59 Å². The molecule has 1 atom stereocenters. The lowest BCUT2D eigenvalue weighted by molar-refractivity contribution is -0.143. The molecule has 4 aromatic rings. The first-order chi connectivity index (χ1) is 17.9. The molecule has 1 aliphatic rings. The highest BCUT2D eigenvalue weighted by Gasteiger charge is 2.52. The fourth-order valence-corrected chi connectivity index (χ4v) is 4.91. The Kier molecular flexibility index (Phi) is 6.66. The third-order valence-corrected chi connectivity index (χ3v) is 7.35. The minimum atomic E-state index is -0.461. The number of anilines is 1. The van der Waals surface area contributed by atoms with Crippen LogP contribution in [0.15, 0.2) is 85.1 Å². The maximum absolute atomic E-state index is 12.9. The van der Waals surface area contributed by atoms with E-state index in [1.165, 1.54) is 7.11 Å². The Morgan fingerprint density at radius 3 is 2.14 bits per heavy atom. The van der Waals surface area contributed by atoms with Crippen molar-refractivity contribution in [2.45, 2.75) is 37.5 Å². The van der Waals surface area contributed by atoms with Gasteiger partial charge in [-0.2, -0.15) is 5.10 Å². The Hall–Kier alpha value is -4.19. The Bertz CT molecular complexity index is 1400. The SMILES string of the molecule is COC(=O)C1(c2ccc(-c3ccc(-c4cnn(C)c4NC(=O)CC(C)c4ccccc4)cc3)cc2)CC1. The van der Waals surface area contributed by atoms with E-state index in [1.807, 2.05) is 61.6 Å². The minimum Gasteiger partial charge on any atom is -0.468 e. The second-order valence-corrected chi connectivity index (χ2v) is 9.82. The Balaban J connectivity index is 1.30. The smallest absolute Gasteiger partial charge is 0.316 e. The third kappa shape index (κ3) is 4.92. The lowest BCUT2D eigenvalue weighted by atomic mass is 9.93. The highest BCUT2D eigenvalue weighted by atomic mass is 16.5. The quantitative estimate of drug-likeness (QED) is 0.302. The summed E-state index contributed by atoms with van der Waals surface area (Å²) in [5.74, 6) is 0.600. The number of hydrogen-bond acceptors (Lipinski definition) is 4. The van der Waals surface area contributed by atoms with Crippen molar-refractivity contribution < 1.29 is 14.3 Å². The van der Waals surface area contributed by atoms with Gasteiger partial charge in [0.1, 0.15) is 5.82 Å². The number of aromatic nitrogens is 2. The average Bonchev–Trinajstić information content (AvgIpc) is 3.67. The normalized spacial score (nSPS) is 14.6. The van der Waals surface area contributed by atoms with Crippen molar-refractivity contribution in [3.05, 3.63) is 96.2 Å². The second-order valence-electron chi connectivity index (χ2n) is 9.82. The van der Waals surface area contributed by atoms with E-state index in [2.05, 4.69) is 41.6 Å². The number of ether oxygens (including phenoxy) is 1. The molecule has 6 heteroatoms. The molecule has 0 radical (unpaired) electrons. The molecule has 1 N–H and O–H groups in total. The van der Waals surface area contributed by atoms with Crippen LogP contribution in [0.4, 0.5) is 5.82 Å². The summed E-state index contributed by atoms with van der Waals surface area (Å²) in [7, 11) is 3.28. The van der Waals surface area contributed by atoms with Gasteiger partial charge in [-0.25, -0.2) is 0 Å². The molecule has 5 rings (SSSR count). The zero-order chi connectivity index (χ0) is 26.0. The zero-order valence-electron chi connectivity index (χ0n) is 21.4. The molecule has 1 heterocycles. The van der Waals surface area contributed by atoms with Crippen molar-refractivity contribution in [3.8, 4) is 22.3 Å². The van der Waals surface area contributed by atoms with Crippen LogP contribution in [0.3, 0.4) is 0 Å². The van der Waals surface area contributed by atoms with Crippen LogP contribution in [0.2, 0.25) is 0 Å². The van der Waals surface area contributed by atoms with Crippen molar-refractivity contribution in [2.75, 3.05) is 12.4 Å². The largest absolute Gasteiger partial charge is 0.468 e. The molecule has 0 spiro atoms. The highest BCUT2D eigenvalue weighted by molar-refractivity contribution is 5.94. The van der Waals surface area contributed by atoms with Gasteiger partial charge in [0.2, 0.25) is 5.91 Å². The molecule has 0 saturated heterocycles. The number of methoxy groups -OCH3 is 1. The highest BCUT2D eigenvalue weighted by Crippen LogP contribution is 2.49. The van der Waals surface area contributed by atoms with E-state index in [0.717, 1.165) is 46.2 Å². The lowest BCUT2D eigenvalue weighted by Gasteiger charge is -2.14. The molecule has 0 aliphatic heterocycles. The summed E-state index contributed by atoms with van der Waals surface area (Å²) >= 11 is 0. The molecule has 1 saturated carbocycles. The maximum Gasteiger partial charge on any atom is 0.316 e. The topological polar surface area (TPSA) is 73.2 Å². The van der Waals surface area contributed by atoms with Crippen LogP contribution < -0.4 is 5.32 Å². The standard InChI is InChI=1S/C31H31N3O3/c1-21(22-7-5-4-6-8-22)19-28(35)33-29-27(20-32-34(29)2)25-11-9-23(10-12-25)24-13-15-26(16-14-24)31(17-18-31)30(36)37-3/h4-16,20-21H,17-19H2,1-3H3,(H,33,35). The first kappa shape index (κ1) is 24.5. The predicted octanol–water partition coefficient (Wildman–Crippen LogP) is 6.09. The number of nitrogens with one attached hydrogen (secondary N) is 1. The first-order valence-corrected chi connectivity index (χ1v) is 12.6. The molecular formula is C31H31N3O3. The molecule has 1 aliphatic carbocycles. The summed E-state index contributed by atoms with van der Waals surface area (Å²) in [6.45, 7) is 2.06. The van der Waals surface area contributed by atoms with E-state index < -0.39 is 5.41 Å². The van der Waals surface area contributed by atoms with Crippen LogP contribution in [0.1, 0.15) is 43.2 Å². The number of hydrogen-bond donors (Lipinski definition) is 1. The van der Waals surface area contributed by atoms with Gasteiger partial charge < -0.3 is 10.1 Å². The fourth-order valence-electron chi connectivity index (χ4n) is 4.91. The Morgan fingerprint density at radius 1 is 0.946 bits per heavy atom. The number of esters is 1. The molecule has 37 heavy (non-hydrogen) atoms. The molecule has 0 bridgehead atoms. The van der Waals surface area contributed by atoms with Gasteiger partial charge in [0.15, 0.2) is 0 Å². The maximum atomic E-state index is 12.9. The number of benzene rings is 3. The zero-order valence-corrected chi connectivity index (χ0v) is 21.4. The number of amides is 1. The fraction of sp³-hybridized carbons (Fsp3) is 0.258. The summed E-state index contributed by atoms with van der Waals surface area (Å²) in [6.07, 6.45) is 3.84. The molecular weight excluding hydrogens is 462 g/mol. The van der Waals surface area contributed by atoms with Gasteiger partial charge in [-0.05, 0) is 46.6 Å². The molecule has 188 valence electrons. The van der Waals surface area contributed by atoms with Crippen molar-refractivity contribution in [3.63, 3.8) is 0 Å². The second kappa shape index (κ2) is 10.1. The Labute approximate surface area is 217 Å². The van der Waals surface area contributed by atoms with Gasteiger partial charge in [0, 0.05) is 19.0 Å². The van der Waals surface area contributed by atoms with Crippen molar-refractivity contribution in [1.29, 1.82) is 0 Å². The van der Waals surface area contributed by atoms with Gasteiger partial charge in [0.25, 0.3) is 0 Å². The number of rotatable bonds is 8. The average molecular weight is 494 g/mol. The molecule has 1 unspecified atom stereocenters. The van der Waals surface area contributed by atoms with E-state index in [1.54, 1.807) is 10.9 Å². The number of aryl methyl sites for hydroxylation is 1. The van der Waals surface area contributed by atoms with E-state index in [-0.39, 0.29) is 17.8 Å². The van der Waals surface area contributed by atoms with Crippen LogP contribution in [0, 0.1) is 0 Å². The van der Waals surface area contributed by atoms with Crippen LogP contribution in [0.25, 0.3) is 22.3 Å². The van der Waals surface area contributed by atoms with Crippen LogP contribution in [-0.2, 0) is 26.8 Å². The summed E-state index contributed by atoms with van der Waals surface area (Å²) in [5, 5.41) is 7.46. The predicted molar refractivity (Wildman–Crippen MR) is 145 cm³/mol. The van der Waals surface area contributed by atoms with Crippen molar-refractivity contribution in [2.24, 2.45) is 7.05 Å². The van der Waals surface area contributed by atoms with E-state index in [0.29, 0.717) is 12.2 Å². The summed E-state index contributed by atoms with van der Waals surface area (Å²) < 4.78 is 6.70. The lowest BCUT2D eigenvalue weighted by Crippen LogP contribution is -2.21. The first-order valence-electron chi connectivity index (χ1n) is 12.6. The molecule has 1 amide bonds. The third-order valence-electron chi connectivity index (χ3n) is 7.35. The summed E-state index contributed by atoms with van der Waals surface area (Å²) in [4.78, 5) is 25.0. The number of carbonyl (C=O) groups excluding carboxylic acids is 2. The van der Waals surface area contributed by atoms with Crippen LogP contribution >= 0.6 is 0 Å². The van der Waals surface area contributed by atoms with E-state index >= 15 is 0 Å². The van der Waals surface area contributed by atoms with Gasteiger partial charge in [-0.15, -0.1) is 0 Å². The van der Waals surface area contributed by atoms with E-state index in [4.69, 9.17) is 4.74 Å². The molecule has 1 fully saturated rings. The van der Waals surface area contributed by atoms with Crippen molar-refractivity contribution in [1.82, 2.24) is 9.78 Å². The summed E-state index contributed by atoms with van der Waals surface area (Å²) in [6, 6.07) is 26.4. The van der Waals surface area contributed by atoms with Crippen LogP contribution in [0.5, 0.6) is 0 Å². The van der Waals surface area contributed by atoms with Gasteiger partial charge in [-0.3, -0.25) is 14.3 Å².